The van der Waals surface area contributed by atoms with Gasteiger partial charge < -0.3 is 9.84 Å². The first-order chi connectivity index (χ1) is 9.41. The predicted molar refractivity (Wildman–Crippen MR) is 81.8 cm³/mol. The van der Waals surface area contributed by atoms with Crippen LogP contribution in [0.3, 0.4) is 0 Å². The van der Waals surface area contributed by atoms with E-state index in [2.05, 4.69) is 26.8 Å². The molecular weight excluding hydrogens is 252 g/mol. The second kappa shape index (κ2) is 7.63. The molecule has 1 aliphatic rings. The van der Waals surface area contributed by atoms with Gasteiger partial charge in [0.1, 0.15) is 0 Å². The average molecular weight is 280 g/mol. The molecule has 20 heavy (non-hydrogen) atoms. The van der Waals surface area contributed by atoms with Crippen molar-refractivity contribution in [3.8, 4) is 0 Å². The lowest BCUT2D eigenvalue weighted by molar-refractivity contribution is -0.131. The smallest absolute Gasteiger partial charge is 0.328 e. The molecule has 0 radical (unpaired) electrons. The monoisotopic (exact) mass is 280 g/mol. The molecule has 0 unspecified atom stereocenters. The summed E-state index contributed by atoms with van der Waals surface area (Å²) in [6, 6.07) is 0. The third kappa shape index (κ3) is 5.49. The fraction of sp³-hybridized carbons (Fsp3) is 0.706. The maximum absolute atomic E-state index is 10.5. The minimum Gasteiger partial charge on any atom is -0.478 e. The quantitative estimate of drug-likeness (QED) is 0.385. The number of carboxylic acids is 1. The molecule has 114 valence electrons. The minimum absolute atomic E-state index is 0.125. The highest BCUT2D eigenvalue weighted by molar-refractivity contribution is 5.80. The molecule has 0 aliphatic carbocycles. The zero-order valence-corrected chi connectivity index (χ0v) is 13.2. The Kier molecular flexibility index (Phi) is 6.47. The second-order valence-electron chi connectivity index (χ2n) is 5.89. The fourth-order valence-electron chi connectivity index (χ4n) is 2.49. The van der Waals surface area contributed by atoms with Gasteiger partial charge in [-0.05, 0) is 52.4 Å². The molecule has 2 atom stereocenters. The standard InChI is InChI=1S/C17H28O3/c1-5-14(9-7-8-13(3)12-16(18)19)10-11-15-17(4,6-2)20-15/h9,12,15H,5-8,10-11H2,1-4H3,(H,18,19)/b13-12+,14-9+/t15-,17+/m1/s1. The number of rotatable bonds is 9. The van der Waals surface area contributed by atoms with Crippen LogP contribution >= 0.6 is 0 Å². The molecule has 1 rings (SSSR count). The molecular formula is C17H28O3. The molecule has 0 aromatic rings. The Balaban J connectivity index is 2.32. The summed E-state index contributed by atoms with van der Waals surface area (Å²) in [5.74, 6) is -0.855. The molecule has 1 saturated heterocycles. The Labute approximate surface area is 122 Å². The Morgan fingerprint density at radius 3 is 2.55 bits per heavy atom. The zero-order valence-electron chi connectivity index (χ0n) is 13.2. The number of hydrogen-bond acceptors (Lipinski definition) is 2. The van der Waals surface area contributed by atoms with Crippen molar-refractivity contribution < 1.29 is 14.6 Å². The summed E-state index contributed by atoms with van der Waals surface area (Å²) in [6.07, 6.45) is 10.1. The molecule has 3 heteroatoms. The molecule has 0 saturated carbocycles. The topological polar surface area (TPSA) is 49.8 Å². The van der Waals surface area contributed by atoms with E-state index in [1.165, 1.54) is 11.6 Å². The summed E-state index contributed by atoms with van der Waals surface area (Å²) >= 11 is 0. The van der Waals surface area contributed by atoms with Crippen LogP contribution in [-0.2, 0) is 9.53 Å². The molecule has 0 aromatic heterocycles. The Morgan fingerprint density at radius 2 is 2.05 bits per heavy atom. The molecule has 1 N–H and O–H groups in total. The Morgan fingerprint density at radius 1 is 1.35 bits per heavy atom. The Bertz CT molecular complexity index is 395. The van der Waals surface area contributed by atoms with Crippen molar-refractivity contribution in [3.63, 3.8) is 0 Å². The largest absolute Gasteiger partial charge is 0.478 e. The van der Waals surface area contributed by atoms with Crippen LogP contribution in [0, 0.1) is 0 Å². The van der Waals surface area contributed by atoms with Crippen LogP contribution in [0.15, 0.2) is 23.3 Å². The van der Waals surface area contributed by atoms with Crippen molar-refractivity contribution in [1.29, 1.82) is 0 Å². The lowest BCUT2D eigenvalue weighted by Gasteiger charge is -2.05. The van der Waals surface area contributed by atoms with Gasteiger partial charge >= 0.3 is 5.97 Å². The normalized spacial score (nSPS) is 26.7. The van der Waals surface area contributed by atoms with E-state index in [-0.39, 0.29) is 5.60 Å². The van der Waals surface area contributed by atoms with Crippen LogP contribution in [0.2, 0.25) is 0 Å². The average Bonchev–Trinajstić information content (AvgIpc) is 3.04. The van der Waals surface area contributed by atoms with Gasteiger partial charge in [-0.2, -0.15) is 0 Å². The minimum atomic E-state index is -0.855. The van der Waals surface area contributed by atoms with E-state index in [1.807, 2.05) is 6.92 Å². The highest BCUT2D eigenvalue weighted by Gasteiger charge is 2.49. The number of ether oxygens (including phenoxy) is 1. The number of hydrogen-bond donors (Lipinski definition) is 1. The van der Waals surface area contributed by atoms with Gasteiger partial charge in [0.05, 0.1) is 11.7 Å². The van der Waals surface area contributed by atoms with Gasteiger partial charge in [-0.1, -0.05) is 31.1 Å². The van der Waals surface area contributed by atoms with Crippen LogP contribution in [0.5, 0.6) is 0 Å². The van der Waals surface area contributed by atoms with Crippen LogP contribution in [-0.4, -0.2) is 22.8 Å². The van der Waals surface area contributed by atoms with E-state index < -0.39 is 5.97 Å². The maximum Gasteiger partial charge on any atom is 0.328 e. The molecule has 0 aromatic carbocycles. The number of aliphatic carboxylic acids is 1. The van der Waals surface area contributed by atoms with Crippen molar-refractivity contribution in [2.45, 2.75) is 77.9 Å². The number of carboxylic acid groups (broad SMARTS) is 1. The third-order valence-corrected chi connectivity index (χ3v) is 4.26. The predicted octanol–water partition coefficient (Wildman–Crippen LogP) is 4.48. The van der Waals surface area contributed by atoms with E-state index in [9.17, 15) is 4.79 Å². The molecule has 1 heterocycles. The molecule has 0 amide bonds. The van der Waals surface area contributed by atoms with Gasteiger partial charge in [0.25, 0.3) is 0 Å². The van der Waals surface area contributed by atoms with Crippen molar-refractivity contribution in [3.05, 3.63) is 23.3 Å². The first-order valence-corrected chi connectivity index (χ1v) is 7.67. The van der Waals surface area contributed by atoms with Gasteiger partial charge in [-0.25, -0.2) is 4.79 Å². The van der Waals surface area contributed by atoms with Crippen molar-refractivity contribution in [1.82, 2.24) is 0 Å². The summed E-state index contributed by atoms with van der Waals surface area (Å²) in [4.78, 5) is 10.5. The lowest BCUT2D eigenvalue weighted by Crippen LogP contribution is -2.07. The van der Waals surface area contributed by atoms with Gasteiger partial charge in [0, 0.05) is 6.08 Å². The third-order valence-electron chi connectivity index (χ3n) is 4.26. The summed E-state index contributed by atoms with van der Waals surface area (Å²) in [6.45, 7) is 8.41. The van der Waals surface area contributed by atoms with Crippen molar-refractivity contribution in [2.24, 2.45) is 0 Å². The highest BCUT2D eigenvalue weighted by atomic mass is 16.6. The molecule has 1 fully saturated rings. The van der Waals surface area contributed by atoms with Gasteiger partial charge in [0.15, 0.2) is 0 Å². The highest BCUT2D eigenvalue weighted by Crippen LogP contribution is 2.42. The maximum atomic E-state index is 10.5. The van der Waals surface area contributed by atoms with E-state index >= 15 is 0 Å². The van der Waals surface area contributed by atoms with Gasteiger partial charge in [-0.15, -0.1) is 0 Å². The number of epoxide rings is 1. The van der Waals surface area contributed by atoms with Gasteiger partial charge in [0.2, 0.25) is 0 Å². The Hall–Kier alpha value is -1.09. The van der Waals surface area contributed by atoms with Crippen molar-refractivity contribution >= 4 is 5.97 Å². The first-order valence-electron chi connectivity index (χ1n) is 7.67. The van der Waals surface area contributed by atoms with Crippen molar-refractivity contribution in [2.75, 3.05) is 0 Å². The molecule has 1 aliphatic heterocycles. The van der Waals surface area contributed by atoms with Crippen LogP contribution in [0.4, 0.5) is 0 Å². The molecule has 0 bridgehead atoms. The molecule has 0 spiro atoms. The fourth-order valence-corrected chi connectivity index (χ4v) is 2.49. The second-order valence-corrected chi connectivity index (χ2v) is 5.89. The van der Waals surface area contributed by atoms with Crippen LogP contribution < -0.4 is 0 Å². The lowest BCUT2D eigenvalue weighted by atomic mass is 9.97. The number of carbonyl (C=O) groups is 1. The van der Waals surface area contributed by atoms with E-state index in [0.29, 0.717) is 6.10 Å². The van der Waals surface area contributed by atoms with Crippen LogP contribution in [0.25, 0.3) is 0 Å². The van der Waals surface area contributed by atoms with E-state index in [4.69, 9.17) is 9.84 Å². The van der Waals surface area contributed by atoms with E-state index in [0.717, 1.165) is 44.1 Å². The SMILES string of the molecule is CC/C(=C\CC/C(C)=C/C(=O)O)CC[C@H]1O[C@@]1(C)CC. The zero-order chi connectivity index (χ0) is 15.2. The first kappa shape index (κ1) is 17.0. The summed E-state index contributed by atoms with van der Waals surface area (Å²) in [7, 11) is 0. The molecule has 3 nitrogen and oxygen atoms in total. The van der Waals surface area contributed by atoms with E-state index in [1.54, 1.807) is 0 Å². The summed E-state index contributed by atoms with van der Waals surface area (Å²) in [5.41, 5.74) is 2.51. The summed E-state index contributed by atoms with van der Waals surface area (Å²) < 4.78 is 5.73. The summed E-state index contributed by atoms with van der Waals surface area (Å²) in [5, 5.41) is 8.66. The van der Waals surface area contributed by atoms with Gasteiger partial charge in [-0.3, -0.25) is 0 Å². The number of allylic oxidation sites excluding steroid dienone is 3. The van der Waals surface area contributed by atoms with Crippen LogP contribution in [0.1, 0.15) is 66.2 Å².